The van der Waals surface area contributed by atoms with Crippen LogP contribution < -0.4 is 11.1 Å². The minimum atomic E-state index is -0.165. The molecular weight excluding hydrogens is 489 g/mol. The van der Waals surface area contributed by atoms with Crippen LogP contribution in [0.1, 0.15) is 67.2 Å². The van der Waals surface area contributed by atoms with Gasteiger partial charge in [-0.1, -0.05) is 37.3 Å². The summed E-state index contributed by atoms with van der Waals surface area (Å²) in [6, 6.07) is 0. The highest BCUT2D eigenvalue weighted by Gasteiger charge is 2.26. The van der Waals surface area contributed by atoms with Crippen molar-refractivity contribution in [1.29, 1.82) is 0 Å². The summed E-state index contributed by atoms with van der Waals surface area (Å²) in [5.74, 6) is 2.10. The van der Waals surface area contributed by atoms with E-state index >= 15 is 0 Å². The van der Waals surface area contributed by atoms with Crippen molar-refractivity contribution in [3.05, 3.63) is 60.4 Å². The van der Waals surface area contributed by atoms with Gasteiger partial charge in [-0.15, -0.1) is 13.2 Å². The lowest BCUT2D eigenvalue weighted by Gasteiger charge is -2.29. The number of likely N-dealkylation sites (N-methyl/N-ethyl adjacent to an activating group) is 1. The van der Waals surface area contributed by atoms with Crippen LogP contribution >= 0.6 is 11.8 Å². The van der Waals surface area contributed by atoms with E-state index in [-0.39, 0.29) is 23.8 Å². The number of aliphatic imine (C=N–C) groups is 1. The summed E-state index contributed by atoms with van der Waals surface area (Å²) in [6.45, 7) is 19.3. The number of carbonyl (C=O) groups excluding carboxylic acids is 1. The normalized spacial score (nSPS) is 19.4. The molecule has 1 rings (SSSR count). The van der Waals surface area contributed by atoms with Crippen molar-refractivity contribution in [2.24, 2.45) is 16.6 Å². The molecule has 0 aromatic rings. The quantitative estimate of drug-likeness (QED) is 0.108. The monoisotopic (exact) mass is 539 g/mol. The van der Waals surface area contributed by atoms with E-state index in [1.54, 1.807) is 24.9 Å². The lowest BCUT2D eigenvalue weighted by molar-refractivity contribution is -0.109. The summed E-state index contributed by atoms with van der Waals surface area (Å²) < 4.78 is 24.2. The Bertz CT molecular complexity index is 793. The molecule has 0 aliphatic carbocycles. The van der Waals surface area contributed by atoms with E-state index in [9.17, 15) is 9.18 Å². The number of amidine groups is 1. The molecule has 0 bridgehead atoms. The Balaban J connectivity index is 0. The largest absolute Gasteiger partial charge is 0.490 e. The Morgan fingerprint density at radius 2 is 1.86 bits per heavy atom. The fourth-order valence-corrected chi connectivity index (χ4v) is 4.16. The van der Waals surface area contributed by atoms with Crippen LogP contribution in [0, 0.1) is 5.92 Å². The number of thioether (sulfide) groups is 1. The third kappa shape index (κ3) is 18.6. The molecule has 1 heterocycles. The van der Waals surface area contributed by atoms with Gasteiger partial charge in [-0.05, 0) is 78.7 Å². The van der Waals surface area contributed by atoms with Gasteiger partial charge in [0.05, 0.1) is 18.8 Å². The maximum Gasteiger partial charge on any atom is 0.157 e. The zero-order chi connectivity index (χ0) is 28.7. The van der Waals surface area contributed by atoms with Crippen LogP contribution in [0.2, 0.25) is 0 Å². The standard InChI is InChI=1S/C14H24FN3S.C13H22O3.C2H4/c1-11(4-5-12(15)10-17-3)6-7-14(2)8-9-19-13(16)18-14;1-5-8-12(15-6-2)13(16-7-3)9-11(4)10-14;1-2/h4-5,17H,6-10H2,1-3H3,(H2,16,18);8-11H,5-7H2,1-4H3;1-2H2/b11-4+,12-5+;12-8+,13-9+;. The van der Waals surface area contributed by atoms with Crippen LogP contribution in [0.4, 0.5) is 4.39 Å². The maximum atomic E-state index is 13.2. The van der Waals surface area contributed by atoms with Gasteiger partial charge in [0.25, 0.3) is 0 Å². The van der Waals surface area contributed by atoms with Gasteiger partial charge in [0, 0.05) is 18.2 Å². The molecule has 1 aliphatic rings. The third-order valence-electron chi connectivity index (χ3n) is 5.08. The molecule has 0 radical (unpaired) electrons. The van der Waals surface area contributed by atoms with Crippen molar-refractivity contribution in [3.63, 3.8) is 0 Å². The zero-order valence-electron chi connectivity index (χ0n) is 24.1. The summed E-state index contributed by atoms with van der Waals surface area (Å²) in [6.07, 6.45) is 11.8. The minimum Gasteiger partial charge on any atom is -0.490 e. The smallest absolute Gasteiger partial charge is 0.157 e. The lowest BCUT2D eigenvalue weighted by atomic mass is 9.91. The van der Waals surface area contributed by atoms with E-state index < -0.39 is 0 Å². The average Bonchev–Trinajstić information content (AvgIpc) is 2.87. The van der Waals surface area contributed by atoms with Crippen LogP contribution in [0.5, 0.6) is 0 Å². The van der Waals surface area contributed by atoms with E-state index in [2.05, 4.69) is 30.4 Å². The number of allylic oxidation sites excluding steroid dienone is 5. The molecule has 212 valence electrons. The molecule has 2 atom stereocenters. The number of carbonyl (C=O) groups is 1. The molecule has 3 N–H and O–H groups in total. The van der Waals surface area contributed by atoms with Crippen molar-refractivity contribution in [3.8, 4) is 0 Å². The number of nitrogens with two attached hydrogens (primary N) is 1. The van der Waals surface area contributed by atoms with Gasteiger partial charge in [-0.2, -0.15) is 0 Å². The molecular formula is C29H50FN3O3S. The number of aldehydes is 1. The van der Waals surface area contributed by atoms with Gasteiger partial charge in [0.1, 0.15) is 12.1 Å². The Hall–Kier alpha value is -2.32. The van der Waals surface area contributed by atoms with Crippen molar-refractivity contribution < 1.29 is 18.7 Å². The van der Waals surface area contributed by atoms with Crippen molar-refractivity contribution in [2.45, 2.75) is 72.8 Å². The molecule has 0 aromatic heterocycles. The molecule has 0 saturated heterocycles. The predicted molar refractivity (Wildman–Crippen MR) is 159 cm³/mol. The number of ether oxygens (including phenoxy) is 2. The summed E-state index contributed by atoms with van der Waals surface area (Å²) >= 11 is 1.62. The van der Waals surface area contributed by atoms with E-state index in [1.807, 2.05) is 46.8 Å². The SMILES string of the molecule is C=C.CC/C=C(OCC)\C(=C/C(C)C=O)OCC.CNC/C(F)=C\C=C(/C)CCC1(C)CCSC(N)=N1. The molecule has 6 nitrogen and oxygen atoms in total. The van der Waals surface area contributed by atoms with Crippen molar-refractivity contribution in [2.75, 3.05) is 32.6 Å². The van der Waals surface area contributed by atoms with Gasteiger partial charge in [0.15, 0.2) is 16.7 Å². The molecule has 2 unspecified atom stereocenters. The topological polar surface area (TPSA) is 85.9 Å². The Kier molecular flexibility index (Phi) is 22.7. The molecule has 0 aromatic carbocycles. The molecule has 8 heteroatoms. The fraction of sp³-hybridized carbons (Fsp3) is 0.586. The number of hydrogen-bond acceptors (Lipinski definition) is 7. The summed E-state index contributed by atoms with van der Waals surface area (Å²) in [5, 5.41) is 3.47. The average molecular weight is 540 g/mol. The first-order chi connectivity index (χ1) is 17.6. The van der Waals surface area contributed by atoms with Crippen LogP contribution in [0.25, 0.3) is 0 Å². The highest BCUT2D eigenvalue weighted by Crippen LogP contribution is 2.30. The van der Waals surface area contributed by atoms with Crippen LogP contribution in [-0.4, -0.2) is 49.6 Å². The van der Waals surface area contributed by atoms with E-state index in [4.69, 9.17) is 15.2 Å². The first-order valence-corrected chi connectivity index (χ1v) is 13.9. The van der Waals surface area contributed by atoms with Crippen molar-refractivity contribution >= 4 is 23.2 Å². The van der Waals surface area contributed by atoms with Gasteiger partial charge in [-0.25, -0.2) is 4.39 Å². The number of nitrogens with zero attached hydrogens (tertiary/aromatic N) is 1. The van der Waals surface area contributed by atoms with Gasteiger partial charge >= 0.3 is 0 Å². The number of halogens is 1. The Morgan fingerprint density at radius 1 is 1.24 bits per heavy atom. The third-order valence-corrected chi connectivity index (χ3v) is 5.88. The number of hydrogen-bond donors (Lipinski definition) is 2. The van der Waals surface area contributed by atoms with Gasteiger partial charge < -0.3 is 25.3 Å². The molecule has 0 saturated carbocycles. The molecule has 37 heavy (non-hydrogen) atoms. The van der Waals surface area contributed by atoms with Crippen LogP contribution in [0.3, 0.4) is 0 Å². The number of rotatable bonds is 14. The predicted octanol–water partition coefficient (Wildman–Crippen LogP) is 6.87. The minimum absolute atomic E-state index is 0.0579. The highest BCUT2D eigenvalue weighted by atomic mass is 32.2. The second-order valence-electron chi connectivity index (χ2n) is 8.57. The van der Waals surface area contributed by atoms with Gasteiger partial charge in [-0.3, -0.25) is 4.99 Å². The molecule has 0 spiro atoms. The second-order valence-corrected chi connectivity index (χ2v) is 9.69. The highest BCUT2D eigenvalue weighted by molar-refractivity contribution is 8.13. The maximum absolute atomic E-state index is 13.2. The molecule has 0 amide bonds. The van der Waals surface area contributed by atoms with Crippen molar-refractivity contribution in [1.82, 2.24) is 5.32 Å². The van der Waals surface area contributed by atoms with Gasteiger partial charge in [0.2, 0.25) is 0 Å². The molecule has 1 aliphatic heterocycles. The van der Waals surface area contributed by atoms with E-state index in [1.165, 1.54) is 11.6 Å². The van der Waals surface area contributed by atoms with Crippen LogP contribution in [-0.2, 0) is 14.3 Å². The Morgan fingerprint density at radius 3 is 2.38 bits per heavy atom. The second kappa shape index (κ2) is 22.8. The summed E-state index contributed by atoms with van der Waals surface area (Å²) in [5.41, 5.74) is 6.89. The fourth-order valence-electron chi connectivity index (χ4n) is 3.13. The Labute approximate surface area is 229 Å². The lowest BCUT2D eigenvalue weighted by Crippen LogP contribution is -2.30. The summed E-state index contributed by atoms with van der Waals surface area (Å²) in [4.78, 5) is 15.2. The van der Waals surface area contributed by atoms with E-state index in [0.29, 0.717) is 24.1 Å². The van der Waals surface area contributed by atoms with E-state index in [0.717, 1.165) is 43.5 Å². The zero-order valence-corrected chi connectivity index (χ0v) is 24.9. The summed E-state index contributed by atoms with van der Waals surface area (Å²) in [7, 11) is 1.73. The molecule has 0 fully saturated rings. The number of nitrogens with one attached hydrogen (secondary N) is 1. The van der Waals surface area contributed by atoms with Crippen LogP contribution in [0.15, 0.2) is 65.4 Å². The first kappa shape index (κ1) is 36.8. The first-order valence-electron chi connectivity index (χ1n) is 12.9.